The molecule has 3 aromatic carbocycles. The Balaban J connectivity index is 1.21. The highest BCUT2D eigenvalue weighted by Crippen LogP contribution is 2.41. The van der Waals surface area contributed by atoms with Crippen LogP contribution in [0.3, 0.4) is 0 Å². The topological polar surface area (TPSA) is 22.1 Å². The lowest BCUT2D eigenvalue weighted by Crippen LogP contribution is -2.26. The highest BCUT2D eigenvalue weighted by atomic mass is 32.1. The number of hydrogen-bond acceptors (Lipinski definition) is 3. The molecule has 0 radical (unpaired) electrons. The van der Waals surface area contributed by atoms with Gasteiger partial charge in [-0.2, -0.15) is 8.78 Å². The van der Waals surface area contributed by atoms with Crippen LogP contribution < -0.4 is 4.74 Å². The van der Waals surface area contributed by atoms with E-state index in [1.54, 1.807) is 6.07 Å². The molecule has 204 valence electrons. The number of hydrogen-bond donors (Lipinski definition) is 0. The first kappa shape index (κ1) is 26.2. The first-order valence-corrected chi connectivity index (χ1v) is 14.2. The van der Waals surface area contributed by atoms with Crippen molar-refractivity contribution in [3.63, 3.8) is 0 Å². The zero-order valence-electron chi connectivity index (χ0n) is 21.5. The van der Waals surface area contributed by atoms with Crippen molar-refractivity contribution in [2.45, 2.75) is 58.0 Å². The standard InChI is InChI=1S/C31H28F5NOS/c1-17-2-4-18(5-3-17)19-6-7-21-13-22(9-8-20(21)12-19)23-10-11-27-28(14-23)39-30(37-27)31(35,36)38-24-15-25(32)29(34)26(33)16-24/h8-11,13-19H,2-7,12H2,1H3. The first-order chi connectivity index (χ1) is 18.7. The molecule has 1 saturated carbocycles. The normalized spacial score (nSPS) is 21.6. The van der Waals surface area contributed by atoms with Gasteiger partial charge in [0, 0.05) is 12.1 Å². The van der Waals surface area contributed by atoms with Crippen molar-refractivity contribution in [1.82, 2.24) is 4.98 Å². The molecule has 1 aromatic heterocycles. The Morgan fingerprint density at radius 3 is 2.26 bits per heavy atom. The van der Waals surface area contributed by atoms with E-state index in [9.17, 15) is 22.0 Å². The lowest BCUT2D eigenvalue weighted by atomic mass is 9.70. The number of rotatable bonds is 5. The molecule has 39 heavy (non-hydrogen) atoms. The lowest BCUT2D eigenvalue weighted by Gasteiger charge is -2.35. The number of aryl methyl sites for hydroxylation is 1. The Morgan fingerprint density at radius 1 is 0.821 bits per heavy atom. The summed E-state index contributed by atoms with van der Waals surface area (Å²) in [6.45, 7) is 2.36. The van der Waals surface area contributed by atoms with Crippen molar-refractivity contribution < 1.29 is 26.7 Å². The highest BCUT2D eigenvalue weighted by Gasteiger charge is 2.39. The second kappa shape index (κ2) is 10.2. The molecule has 1 heterocycles. The van der Waals surface area contributed by atoms with Gasteiger partial charge in [0.1, 0.15) is 5.75 Å². The van der Waals surface area contributed by atoms with Crippen molar-refractivity contribution in [2.24, 2.45) is 17.8 Å². The van der Waals surface area contributed by atoms with Crippen LogP contribution >= 0.6 is 11.3 Å². The van der Waals surface area contributed by atoms with Crippen LogP contribution in [-0.4, -0.2) is 4.98 Å². The third kappa shape index (κ3) is 5.28. The van der Waals surface area contributed by atoms with Gasteiger partial charge in [0.25, 0.3) is 0 Å². The maximum Gasteiger partial charge on any atom is 0.454 e. The number of aromatic nitrogens is 1. The minimum Gasteiger partial charge on any atom is -0.427 e. The molecule has 4 aromatic rings. The number of alkyl halides is 2. The van der Waals surface area contributed by atoms with E-state index in [-0.39, 0.29) is 0 Å². The molecule has 2 aliphatic rings. The molecule has 1 atom stereocenters. The van der Waals surface area contributed by atoms with Crippen LogP contribution in [0.1, 0.15) is 55.2 Å². The van der Waals surface area contributed by atoms with E-state index in [2.05, 4.69) is 34.8 Å². The number of thiazole rings is 1. The van der Waals surface area contributed by atoms with Gasteiger partial charge in [0.05, 0.1) is 10.2 Å². The fourth-order valence-corrected chi connectivity index (χ4v) is 7.05. The predicted molar refractivity (Wildman–Crippen MR) is 143 cm³/mol. The van der Waals surface area contributed by atoms with E-state index in [4.69, 9.17) is 0 Å². The summed E-state index contributed by atoms with van der Waals surface area (Å²) in [6.07, 6.45) is 4.81. The van der Waals surface area contributed by atoms with Crippen LogP contribution in [0.25, 0.3) is 21.3 Å². The van der Waals surface area contributed by atoms with Crippen molar-refractivity contribution >= 4 is 21.6 Å². The Labute approximate surface area is 227 Å². The van der Waals surface area contributed by atoms with E-state index in [0.717, 1.165) is 53.1 Å². The molecule has 0 saturated heterocycles. The second-order valence-electron chi connectivity index (χ2n) is 11.0. The maximum absolute atomic E-state index is 14.8. The number of fused-ring (bicyclic) bond motifs is 2. The minimum atomic E-state index is -3.96. The third-order valence-electron chi connectivity index (χ3n) is 8.37. The first-order valence-electron chi connectivity index (χ1n) is 13.4. The number of ether oxygens (including phenoxy) is 1. The van der Waals surface area contributed by atoms with Gasteiger partial charge < -0.3 is 4.74 Å². The Morgan fingerprint density at radius 2 is 1.51 bits per heavy atom. The summed E-state index contributed by atoms with van der Waals surface area (Å²) >= 11 is 0.741. The maximum atomic E-state index is 14.8. The summed E-state index contributed by atoms with van der Waals surface area (Å²) in [5.74, 6) is -3.35. The van der Waals surface area contributed by atoms with Crippen LogP contribution in [0.2, 0.25) is 0 Å². The zero-order chi connectivity index (χ0) is 27.3. The molecule has 6 rings (SSSR count). The molecule has 1 fully saturated rings. The van der Waals surface area contributed by atoms with E-state index in [1.165, 1.54) is 43.2 Å². The fraction of sp³-hybridized carbons (Fsp3) is 0.387. The van der Waals surface area contributed by atoms with Crippen LogP contribution in [0.5, 0.6) is 5.75 Å². The van der Waals surface area contributed by atoms with Crippen molar-refractivity contribution in [2.75, 3.05) is 0 Å². The molecule has 0 amide bonds. The number of benzene rings is 3. The number of nitrogens with zero attached hydrogens (tertiary/aromatic N) is 1. The van der Waals surface area contributed by atoms with Crippen LogP contribution in [0, 0.1) is 35.2 Å². The summed E-state index contributed by atoms with van der Waals surface area (Å²) in [4.78, 5) is 3.99. The Bertz CT molecular complexity index is 1500. The summed E-state index contributed by atoms with van der Waals surface area (Å²) in [7, 11) is 0. The van der Waals surface area contributed by atoms with Gasteiger partial charge in [0.15, 0.2) is 17.5 Å². The average molecular weight is 558 g/mol. The van der Waals surface area contributed by atoms with Gasteiger partial charge in [-0.25, -0.2) is 18.2 Å². The van der Waals surface area contributed by atoms with E-state index >= 15 is 0 Å². The molecule has 2 aliphatic carbocycles. The molecular weight excluding hydrogens is 529 g/mol. The van der Waals surface area contributed by atoms with E-state index < -0.39 is 34.3 Å². The Kier molecular flexibility index (Phi) is 6.86. The number of halogens is 5. The van der Waals surface area contributed by atoms with Gasteiger partial charge >= 0.3 is 6.11 Å². The summed E-state index contributed by atoms with van der Waals surface area (Å²) < 4.78 is 74.8. The molecule has 1 unspecified atom stereocenters. The van der Waals surface area contributed by atoms with E-state index in [0.29, 0.717) is 22.3 Å². The van der Waals surface area contributed by atoms with Crippen LogP contribution in [0.4, 0.5) is 22.0 Å². The molecule has 0 aliphatic heterocycles. The second-order valence-corrected chi connectivity index (χ2v) is 12.1. The minimum absolute atomic E-state index is 0.362. The largest absolute Gasteiger partial charge is 0.454 e. The highest BCUT2D eigenvalue weighted by molar-refractivity contribution is 7.18. The van der Waals surface area contributed by atoms with Gasteiger partial charge in [-0.15, -0.1) is 11.3 Å². The van der Waals surface area contributed by atoms with Crippen LogP contribution in [-0.2, 0) is 19.0 Å². The smallest absolute Gasteiger partial charge is 0.427 e. The van der Waals surface area contributed by atoms with Crippen molar-refractivity contribution in [1.29, 1.82) is 0 Å². The van der Waals surface area contributed by atoms with Gasteiger partial charge in [-0.05, 0) is 84.2 Å². The van der Waals surface area contributed by atoms with Crippen molar-refractivity contribution in [3.8, 4) is 16.9 Å². The molecule has 0 N–H and O–H groups in total. The summed E-state index contributed by atoms with van der Waals surface area (Å²) in [5.41, 5.74) is 5.06. The average Bonchev–Trinajstić information content (AvgIpc) is 3.36. The van der Waals surface area contributed by atoms with Gasteiger partial charge in [0.2, 0.25) is 5.01 Å². The molecule has 0 spiro atoms. The van der Waals surface area contributed by atoms with Gasteiger partial charge in [-0.3, -0.25) is 0 Å². The van der Waals surface area contributed by atoms with Gasteiger partial charge in [-0.1, -0.05) is 44.0 Å². The fourth-order valence-electron chi connectivity index (χ4n) is 6.13. The predicted octanol–water partition coefficient (Wildman–Crippen LogP) is 9.44. The summed E-state index contributed by atoms with van der Waals surface area (Å²) in [5, 5.41) is -0.659. The molecule has 0 bridgehead atoms. The van der Waals surface area contributed by atoms with Crippen LogP contribution in [0.15, 0.2) is 48.5 Å². The molecule has 8 heteroatoms. The quantitative estimate of drug-likeness (QED) is 0.180. The van der Waals surface area contributed by atoms with E-state index in [1.807, 2.05) is 12.1 Å². The SMILES string of the molecule is CC1CCC(C2CCc3cc(-c4ccc5nc(C(F)(F)Oc6cc(F)c(F)c(F)c6)sc5c4)ccc3C2)CC1. The molecule has 2 nitrogen and oxygen atoms in total. The summed E-state index contributed by atoms with van der Waals surface area (Å²) in [6, 6.07) is 12.6. The molecular formula is C31H28F5NOS. The zero-order valence-corrected chi connectivity index (χ0v) is 22.3. The Hall–Kier alpha value is -3.00. The lowest BCUT2D eigenvalue weighted by molar-refractivity contribution is -0.185. The van der Waals surface area contributed by atoms with Crippen molar-refractivity contribution in [3.05, 3.63) is 82.1 Å². The third-order valence-corrected chi connectivity index (χ3v) is 9.44. The monoisotopic (exact) mass is 557 g/mol.